The second kappa shape index (κ2) is 9.64. The first-order chi connectivity index (χ1) is 11.8. The van der Waals surface area contributed by atoms with E-state index in [4.69, 9.17) is 4.74 Å². The van der Waals surface area contributed by atoms with Crippen LogP contribution in [-0.4, -0.2) is 37.7 Å². The number of benzene rings is 1. The van der Waals surface area contributed by atoms with Crippen LogP contribution in [0.4, 0.5) is 0 Å². The molecule has 1 N–H and O–H groups in total. The van der Waals surface area contributed by atoms with E-state index in [2.05, 4.69) is 35.3 Å². The SMILES string of the molecule is CCC(NC1CCCc2cccc(OC)c21)C1CN2CCC1CC2.Cl.Cl. The van der Waals surface area contributed by atoms with Gasteiger partial charge in [0.1, 0.15) is 5.75 Å². The minimum absolute atomic E-state index is 0. The number of nitrogens with one attached hydrogen (secondary N) is 1. The Morgan fingerprint density at radius 1 is 1.19 bits per heavy atom. The van der Waals surface area contributed by atoms with Crippen molar-refractivity contribution in [1.82, 2.24) is 10.2 Å². The van der Waals surface area contributed by atoms with Crippen molar-refractivity contribution < 1.29 is 4.74 Å². The van der Waals surface area contributed by atoms with Crippen molar-refractivity contribution in [3.05, 3.63) is 29.3 Å². The van der Waals surface area contributed by atoms with Crippen LogP contribution >= 0.6 is 24.8 Å². The number of hydrogen-bond donors (Lipinski definition) is 1. The van der Waals surface area contributed by atoms with Crippen molar-refractivity contribution in [3.63, 3.8) is 0 Å². The van der Waals surface area contributed by atoms with Gasteiger partial charge in [0.25, 0.3) is 0 Å². The van der Waals surface area contributed by atoms with Crippen LogP contribution in [0.5, 0.6) is 5.75 Å². The lowest BCUT2D eigenvalue weighted by molar-refractivity contribution is 0.0265. The first-order valence-electron chi connectivity index (χ1n) is 9.94. The second-order valence-corrected chi connectivity index (χ2v) is 7.96. The van der Waals surface area contributed by atoms with Gasteiger partial charge in [-0.1, -0.05) is 19.1 Å². The van der Waals surface area contributed by atoms with Gasteiger partial charge in [-0.05, 0) is 75.1 Å². The summed E-state index contributed by atoms with van der Waals surface area (Å²) in [6, 6.07) is 7.67. The quantitative estimate of drug-likeness (QED) is 0.779. The van der Waals surface area contributed by atoms with Crippen molar-refractivity contribution >= 4 is 24.8 Å². The van der Waals surface area contributed by atoms with E-state index in [0.717, 1.165) is 17.6 Å². The molecule has 148 valence electrons. The van der Waals surface area contributed by atoms with E-state index in [0.29, 0.717) is 12.1 Å². The van der Waals surface area contributed by atoms with Gasteiger partial charge in [0.2, 0.25) is 0 Å². The standard InChI is InChI=1S/C21H32N2O.2ClH/c1-3-18(17-14-23-12-10-15(17)11-13-23)22-19-8-4-6-16-7-5-9-20(24-2)21(16)19;;/h5,7,9,15,17-19,22H,3-4,6,8,10-14H2,1-2H3;2*1H. The number of aryl methyl sites for hydroxylation is 1. The highest BCUT2D eigenvalue weighted by molar-refractivity contribution is 5.85. The maximum Gasteiger partial charge on any atom is 0.123 e. The molecule has 3 saturated heterocycles. The van der Waals surface area contributed by atoms with Crippen molar-refractivity contribution in [2.75, 3.05) is 26.7 Å². The predicted octanol–water partition coefficient (Wildman–Crippen LogP) is 4.63. The Bertz CT molecular complexity index is 561. The van der Waals surface area contributed by atoms with Gasteiger partial charge < -0.3 is 15.0 Å². The topological polar surface area (TPSA) is 24.5 Å². The molecule has 1 aromatic carbocycles. The highest BCUT2D eigenvalue weighted by Crippen LogP contribution is 2.40. The fourth-order valence-corrected chi connectivity index (χ4v) is 5.46. The largest absolute Gasteiger partial charge is 0.496 e. The molecule has 0 radical (unpaired) electrons. The molecule has 0 amide bonds. The number of ether oxygens (including phenoxy) is 1. The smallest absolute Gasteiger partial charge is 0.123 e. The summed E-state index contributed by atoms with van der Waals surface area (Å²) < 4.78 is 5.70. The zero-order valence-corrected chi connectivity index (χ0v) is 17.7. The van der Waals surface area contributed by atoms with Crippen LogP contribution in [0, 0.1) is 11.8 Å². The van der Waals surface area contributed by atoms with Crippen LogP contribution in [0.3, 0.4) is 0 Å². The lowest BCUT2D eigenvalue weighted by Gasteiger charge is -2.48. The molecule has 3 atom stereocenters. The molecule has 26 heavy (non-hydrogen) atoms. The number of nitrogens with zero attached hydrogens (tertiary/aromatic N) is 1. The maximum atomic E-state index is 5.70. The van der Waals surface area contributed by atoms with Gasteiger partial charge in [0.05, 0.1) is 7.11 Å². The van der Waals surface area contributed by atoms with Crippen LogP contribution < -0.4 is 10.1 Å². The minimum atomic E-state index is 0. The van der Waals surface area contributed by atoms with E-state index < -0.39 is 0 Å². The molecule has 3 nitrogen and oxygen atoms in total. The van der Waals surface area contributed by atoms with E-state index in [-0.39, 0.29) is 24.8 Å². The summed E-state index contributed by atoms with van der Waals surface area (Å²) in [6.45, 7) is 6.33. The molecular weight excluding hydrogens is 367 g/mol. The third-order valence-electron chi connectivity index (χ3n) is 6.74. The lowest BCUT2D eigenvalue weighted by Crippen LogP contribution is -2.54. The number of fused-ring (bicyclic) bond motifs is 4. The first-order valence-corrected chi connectivity index (χ1v) is 9.94. The van der Waals surface area contributed by atoms with Crippen molar-refractivity contribution in [2.24, 2.45) is 11.8 Å². The van der Waals surface area contributed by atoms with Crippen LogP contribution in [0.25, 0.3) is 0 Å². The zero-order chi connectivity index (χ0) is 16.5. The molecule has 1 aromatic rings. The van der Waals surface area contributed by atoms with Crippen LogP contribution in [0.15, 0.2) is 18.2 Å². The molecule has 2 bridgehead atoms. The summed E-state index contributed by atoms with van der Waals surface area (Å²) in [4.78, 5) is 2.68. The van der Waals surface area contributed by atoms with Gasteiger partial charge in [0, 0.05) is 24.2 Å². The summed E-state index contributed by atoms with van der Waals surface area (Å²) in [5.74, 6) is 2.85. The summed E-state index contributed by atoms with van der Waals surface area (Å²) >= 11 is 0. The Kier molecular flexibility index (Phi) is 8.08. The molecular formula is C21H34Cl2N2O. The molecule has 4 aliphatic rings. The van der Waals surface area contributed by atoms with Gasteiger partial charge in [-0.25, -0.2) is 0 Å². The first kappa shape index (κ1) is 21.8. The highest BCUT2D eigenvalue weighted by atomic mass is 35.5. The minimum Gasteiger partial charge on any atom is -0.496 e. The summed E-state index contributed by atoms with van der Waals surface area (Å²) in [7, 11) is 1.81. The van der Waals surface area contributed by atoms with Gasteiger partial charge in [-0.15, -0.1) is 24.8 Å². The van der Waals surface area contributed by atoms with Crippen molar-refractivity contribution in [1.29, 1.82) is 0 Å². The molecule has 3 heterocycles. The van der Waals surface area contributed by atoms with Crippen LogP contribution in [0.1, 0.15) is 56.2 Å². The van der Waals surface area contributed by atoms with Gasteiger partial charge in [-0.2, -0.15) is 0 Å². The number of halogens is 2. The summed E-state index contributed by atoms with van der Waals surface area (Å²) in [5.41, 5.74) is 2.92. The Hall–Kier alpha value is -0.480. The molecule has 0 spiro atoms. The Morgan fingerprint density at radius 2 is 1.96 bits per heavy atom. The molecule has 0 saturated carbocycles. The Balaban J connectivity index is 0.00000121. The van der Waals surface area contributed by atoms with E-state index in [1.54, 1.807) is 0 Å². The van der Waals surface area contributed by atoms with Gasteiger partial charge >= 0.3 is 0 Å². The van der Waals surface area contributed by atoms with E-state index in [1.807, 2.05) is 7.11 Å². The zero-order valence-electron chi connectivity index (χ0n) is 16.1. The number of hydrogen-bond acceptors (Lipinski definition) is 3. The Morgan fingerprint density at radius 3 is 2.58 bits per heavy atom. The van der Waals surface area contributed by atoms with Crippen molar-refractivity contribution in [3.8, 4) is 5.75 Å². The fraction of sp³-hybridized carbons (Fsp3) is 0.714. The van der Waals surface area contributed by atoms with E-state index in [9.17, 15) is 0 Å². The van der Waals surface area contributed by atoms with E-state index in [1.165, 1.54) is 69.3 Å². The molecule has 3 unspecified atom stereocenters. The molecule has 5 heteroatoms. The Labute approximate surface area is 171 Å². The fourth-order valence-electron chi connectivity index (χ4n) is 5.46. The number of methoxy groups -OCH3 is 1. The number of rotatable bonds is 5. The highest BCUT2D eigenvalue weighted by Gasteiger charge is 2.39. The maximum absolute atomic E-state index is 5.70. The average molecular weight is 401 g/mol. The summed E-state index contributed by atoms with van der Waals surface area (Å²) in [6.07, 6.45) is 7.78. The normalized spacial score (nSPS) is 30.5. The second-order valence-electron chi connectivity index (χ2n) is 7.96. The average Bonchev–Trinajstić information content (AvgIpc) is 2.66. The van der Waals surface area contributed by atoms with Crippen molar-refractivity contribution in [2.45, 2.75) is 57.5 Å². The molecule has 0 aromatic heterocycles. The van der Waals surface area contributed by atoms with Crippen LogP contribution in [0.2, 0.25) is 0 Å². The predicted molar refractivity (Wildman–Crippen MR) is 113 cm³/mol. The van der Waals surface area contributed by atoms with Gasteiger partial charge in [0.15, 0.2) is 0 Å². The molecule has 1 aliphatic carbocycles. The number of piperidine rings is 3. The van der Waals surface area contributed by atoms with Crippen LogP contribution in [-0.2, 0) is 6.42 Å². The van der Waals surface area contributed by atoms with E-state index >= 15 is 0 Å². The molecule has 3 fully saturated rings. The third kappa shape index (κ3) is 4.16. The lowest BCUT2D eigenvalue weighted by atomic mass is 9.74. The third-order valence-corrected chi connectivity index (χ3v) is 6.74. The van der Waals surface area contributed by atoms with Gasteiger partial charge in [-0.3, -0.25) is 0 Å². The summed E-state index contributed by atoms with van der Waals surface area (Å²) in [5, 5.41) is 4.08. The monoisotopic (exact) mass is 400 g/mol. The molecule has 5 rings (SSSR count). The molecule has 3 aliphatic heterocycles.